The van der Waals surface area contributed by atoms with Gasteiger partial charge in [-0.3, -0.25) is 9.59 Å². The molecule has 0 fully saturated rings. The van der Waals surface area contributed by atoms with Crippen LogP contribution >= 0.6 is 23.4 Å². The lowest BCUT2D eigenvalue weighted by Crippen LogP contribution is -2.12. The lowest BCUT2D eigenvalue weighted by atomic mass is 10.0. The van der Waals surface area contributed by atoms with Crippen molar-refractivity contribution in [2.24, 2.45) is 0 Å². The number of ether oxygens (including phenoxy) is 1. The molecule has 138 valence electrons. The Labute approximate surface area is 163 Å². The van der Waals surface area contributed by atoms with Crippen molar-refractivity contribution >= 4 is 40.9 Å². The van der Waals surface area contributed by atoms with E-state index in [9.17, 15) is 9.59 Å². The molecule has 0 heterocycles. The second kappa shape index (κ2) is 9.10. The van der Waals surface area contributed by atoms with Gasteiger partial charge in [0.15, 0.2) is 0 Å². The van der Waals surface area contributed by atoms with Crippen LogP contribution in [-0.2, 0) is 9.59 Å². The SMILES string of the molecule is CC(=O)Nc1ccc(SCC(=O)Oc2cc(C)c(Cl)cc2C(C)C)cc1. The zero-order valence-corrected chi connectivity index (χ0v) is 16.8. The van der Waals surface area contributed by atoms with E-state index in [1.54, 1.807) is 12.1 Å². The van der Waals surface area contributed by atoms with E-state index in [1.165, 1.54) is 18.7 Å². The van der Waals surface area contributed by atoms with Gasteiger partial charge >= 0.3 is 5.97 Å². The highest BCUT2D eigenvalue weighted by atomic mass is 35.5. The largest absolute Gasteiger partial charge is 0.426 e. The van der Waals surface area contributed by atoms with E-state index < -0.39 is 0 Å². The third kappa shape index (κ3) is 5.78. The number of carbonyl (C=O) groups is 2. The maximum atomic E-state index is 12.2. The van der Waals surface area contributed by atoms with Crippen molar-refractivity contribution in [3.8, 4) is 5.75 Å². The molecule has 26 heavy (non-hydrogen) atoms. The molecule has 0 atom stereocenters. The first kappa shape index (κ1) is 20.3. The fraction of sp³-hybridized carbons (Fsp3) is 0.300. The summed E-state index contributed by atoms with van der Waals surface area (Å²) in [4.78, 5) is 24.2. The van der Waals surface area contributed by atoms with Gasteiger partial charge in [0.05, 0.1) is 5.75 Å². The Hall–Kier alpha value is -1.98. The van der Waals surface area contributed by atoms with Crippen LogP contribution in [0.2, 0.25) is 5.02 Å². The maximum Gasteiger partial charge on any atom is 0.321 e. The van der Waals surface area contributed by atoms with Crippen molar-refractivity contribution in [3.63, 3.8) is 0 Å². The normalized spacial score (nSPS) is 10.7. The third-order valence-corrected chi connectivity index (χ3v) is 5.06. The molecule has 0 spiro atoms. The van der Waals surface area contributed by atoms with Crippen LogP contribution in [-0.4, -0.2) is 17.6 Å². The summed E-state index contributed by atoms with van der Waals surface area (Å²) in [6, 6.07) is 11.0. The molecule has 0 aliphatic carbocycles. The summed E-state index contributed by atoms with van der Waals surface area (Å²) in [5.41, 5.74) is 2.52. The van der Waals surface area contributed by atoms with E-state index in [4.69, 9.17) is 16.3 Å². The van der Waals surface area contributed by atoms with Crippen LogP contribution in [0.25, 0.3) is 0 Å². The minimum atomic E-state index is -0.315. The number of aryl methyl sites for hydroxylation is 1. The average molecular weight is 392 g/mol. The Bertz CT molecular complexity index is 803. The molecule has 0 unspecified atom stereocenters. The molecule has 1 amide bonds. The molecule has 0 aromatic heterocycles. The lowest BCUT2D eigenvalue weighted by molar-refractivity contribution is -0.131. The Balaban J connectivity index is 1.99. The molecule has 0 saturated heterocycles. The van der Waals surface area contributed by atoms with Crippen molar-refractivity contribution in [1.29, 1.82) is 0 Å². The summed E-state index contributed by atoms with van der Waals surface area (Å²) < 4.78 is 5.57. The second-order valence-corrected chi connectivity index (χ2v) is 7.72. The number of anilines is 1. The molecule has 6 heteroatoms. The summed E-state index contributed by atoms with van der Waals surface area (Å²) in [7, 11) is 0. The first-order valence-electron chi connectivity index (χ1n) is 8.27. The first-order valence-corrected chi connectivity index (χ1v) is 9.63. The van der Waals surface area contributed by atoms with Gasteiger partial charge in [0.1, 0.15) is 5.75 Å². The van der Waals surface area contributed by atoms with Gasteiger partial charge in [0.25, 0.3) is 0 Å². The Morgan fingerprint density at radius 1 is 1.19 bits per heavy atom. The minimum Gasteiger partial charge on any atom is -0.426 e. The standard InChI is InChI=1S/C20H22ClNO3S/c1-12(2)17-10-18(21)13(3)9-19(17)25-20(24)11-26-16-7-5-15(6-8-16)22-14(4)23/h5-10,12H,11H2,1-4H3,(H,22,23). The van der Waals surface area contributed by atoms with Gasteiger partial charge < -0.3 is 10.1 Å². The van der Waals surface area contributed by atoms with Gasteiger partial charge in [0, 0.05) is 22.5 Å². The topological polar surface area (TPSA) is 55.4 Å². The predicted molar refractivity (Wildman–Crippen MR) is 107 cm³/mol. The molecule has 1 N–H and O–H groups in total. The number of halogens is 1. The van der Waals surface area contributed by atoms with Crippen molar-refractivity contribution in [3.05, 3.63) is 52.5 Å². The Morgan fingerprint density at radius 2 is 1.85 bits per heavy atom. The van der Waals surface area contributed by atoms with Gasteiger partial charge in [-0.25, -0.2) is 0 Å². The highest BCUT2D eigenvalue weighted by Gasteiger charge is 2.14. The summed E-state index contributed by atoms with van der Waals surface area (Å²) in [6.45, 7) is 7.41. The van der Waals surface area contributed by atoms with Crippen molar-refractivity contribution in [1.82, 2.24) is 0 Å². The molecule has 0 radical (unpaired) electrons. The van der Waals surface area contributed by atoms with Crippen LogP contribution in [0.1, 0.15) is 37.8 Å². The maximum absolute atomic E-state index is 12.2. The molecular weight excluding hydrogens is 370 g/mol. The van der Waals surface area contributed by atoms with E-state index >= 15 is 0 Å². The molecule has 2 aromatic rings. The highest BCUT2D eigenvalue weighted by molar-refractivity contribution is 8.00. The van der Waals surface area contributed by atoms with Crippen molar-refractivity contribution in [2.75, 3.05) is 11.1 Å². The monoisotopic (exact) mass is 391 g/mol. The van der Waals surface area contributed by atoms with E-state index in [-0.39, 0.29) is 23.5 Å². The quantitative estimate of drug-likeness (QED) is 0.405. The number of esters is 1. The van der Waals surface area contributed by atoms with Crippen LogP contribution in [0.15, 0.2) is 41.3 Å². The van der Waals surface area contributed by atoms with Gasteiger partial charge in [-0.15, -0.1) is 11.8 Å². The molecule has 0 saturated carbocycles. The fourth-order valence-corrected chi connectivity index (χ4v) is 3.19. The Morgan fingerprint density at radius 3 is 2.42 bits per heavy atom. The van der Waals surface area contributed by atoms with Gasteiger partial charge in [-0.2, -0.15) is 0 Å². The van der Waals surface area contributed by atoms with Crippen LogP contribution in [0.3, 0.4) is 0 Å². The van der Waals surface area contributed by atoms with E-state index in [0.29, 0.717) is 10.8 Å². The average Bonchev–Trinajstić information content (AvgIpc) is 2.56. The summed E-state index contributed by atoms with van der Waals surface area (Å²) in [5.74, 6) is 0.523. The number of benzene rings is 2. The smallest absolute Gasteiger partial charge is 0.321 e. The van der Waals surface area contributed by atoms with E-state index in [2.05, 4.69) is 5.32 Å². The summed E-state index contributed by atoms with van der Waals surface area (Å²) in [5, 5.41) is 3.37. The number of nitrogens with one attached hydrogen (secondary N) is 1. The van der Waals surface area contributed by atoms with Crippen LogP contribution < -0.4 is 10.1 Å². The molecule has 0 bridgehead atoms. The first-order chi connectivity index (χ1) is 12.3. The van der Waals surface area contributed by atoms with Gasteiger partial charge in [-0.05, 0) is 60.4 Å². The van der Waals surface area contributed by atoms with E-state index in [1.807, 2.05) is 45.0 Å². The lowest BCUT2D eigenvalue weighted by Gasteiger charge is -2.14. The van der Waals surface area contributed by atoms with Crippen molar-refractivity contribution < 1.29 is 14.3 Å². The number of amides is 1. The fourth-order valence-electron chi connectivity index (χ4n) is 2.34. The molecule has 2 rings (SSSR count). The molecule has 4 nitrogen and oxygen atoms in total. The molecular formula is C20H22ClNO3S. The zero-order valence-electron chi connectivity index (χ0n) is 15.3. The molecule has 0 aliphatic rings. The highest BCUT2D eigenvalue weighted by Crippen LogP contribution is 2.32. The number of rotatable bonds is 6. The van der Waals surface area contributed by atoms with Crippen LogP contribution in [0.5, 0.6) is 5.75 Å². The second-order valence-electron chi connectivity index (χ2n) is 6.26. The molecule has 0 aliphatic heterocycles. The van der Waals surface area contributed by atoms with Crippen LogP contribution in [0.4, 0.5) is 5.69 Å². The van der Waals surface area contributed by atoms with Crippen LogP contribution in [0, 0.1) is 6.92 Å². The summed E-state index contributed by atoms with van der Waals surface area (Å²) in [6.07, 6.45) is 0. The minimum absolute atomic E-state index is 0.117. The Kier molecular flexibility index (Phi) is 7.12. The van der Waals surface area contributed by atoms with Gasteiger partial charge in [0.2, 0.25) is 5.91 Å². The number of thioether (sulfide) groups is 1. The summed E-state index contributed by atoms with van der Waals surface area (Å²) >= 11 is 7.56. The zero-order chi connectivity index (χ0) is 19.3. The third-order valence-electron chi connectivity index (χ3n) is 3.67. The number of hydrogen-bond donors (Lipinski definition) is 1. The number of hydrogen-bond acceptors (Lipinski definition) is 4. The van der Waals surface area contributed by atoms with Crippen molar-refractivity contribution in [2.45, 2.75) is 38.5 Å². The molecule has 2 aromatic carbocycles. The van der Waals surface area contributed by atoms with Gasteiger partial charge in [-0.1, -0.05) is 25.4 Å². The number of carbonyl (C=O) groups excluding carboxylic acids is 2. The van der Waals surface area contributed by atoms with E-state index in [0.717, 1.165) is 21.7 Å². The predicted octanol–water partition coefficient (Wildman–Crippen LogP) is 5.43.